The van der Waals surface area contributed by atoms with Gasteiger partial charge in [-0.3, -0.25) is 9.79 Å². The molecular formula is C15H28N4O2. The van der Waals surface area contributed by atoms with Crippen LogP contribution in [0.15, 0.2) is 4.99 Å². The zero-order valence-electron chi connectivity index (χ0n) is 13.2. The monoisotopic (exact) mass is 296 g/mol. The largest absolute Gasteiger partial charge is 0.376 e. The summed E-state index contributed by atoms with van der Waals surface area (Å²) in [5, 5.41) is 6.71. The first-order valence-corrected chi connectivity index (χ1v) is 8.17. The minimum atomic E-state index is 0.237. The van der Waals surface area contributed by atoms with E-state index in [-0.39, 0.29) is 12.0 Å². The van der Waals surface area contributed by atoms with E-state index < -0.39 is 0 Å². The standard InChI is InChI=1S/C15H28N4O2/c1-3-14(20)19-8-7-12(11-19)18-15(16-4-2)17-10-13-6-5-9-21-13/h12-13H,3-11H2,1-2H3,(H2,16,17,18). The Morgan fingerprint density at radius 3 is 2.90 bits per heavy atom. The van der Waals surface area contributed by atoms with Crippen LogP contribution >= 0.6 is 0 Å². The van der Waals surface area contributed by atoms with Gasteiger partial charge in [-0.15, -0.1) is 0 Å². The van der Waals surface area contributed by atoms with Gasteiger partial charge in [0.05, 0.1) is 12.6 Å². The van der Waals surface area contributed by atoms with Crippen LogP contribution in [-0.4, -0.2) is 61.7 Å². The first kappa shape index (κ1) is 16.1. The molecule has 0 aromatic rings. The van der Waals surface area contributed by atoms with E-state index in [1.807, 2.05) is 11.8 Å². The molecule has 21 heavy (non-hydrogen) atoms. The van der Waals surface area contributed by atoms with Crippen molar-refractivity contribution >= 4 is 11.9 Å². The van der Waals surface area contributed by atoms with Gasteiger partial charge in [-0.2, -0.15) is 0 Å². The number of nitrogens with zero attached hydrogens (tertiary/aromatic N) is 2. The van der Waals surface area contributed by atoms with Crippen molar-refractivity contribution in [2.75, 3.05) is 32.8 Å². The smallest absolute Gasteiger partial charge is 0.222 e. The van der Waals surface area contributed by atoms with Crippen LogP contribution in [0.3, 0.4) is 0 Å². The number of nitrogens with one attached hydrogen (secondary N) is 2. The molecule has 1 amide bonds. The maximum absolute atomic E-state index is 11.7. The molecule has 120 valence electrons. The topological polar surface area (TPSA) is 66.0 Å². The highest BCUT2D eigenvalue weighted by Gasteiger charge is 2.25. The Labute approximate surface area is 127 Å². The first-order valence-electron chi connectivity index (χ1n) is 8.17. The number of aliphatic imine (C=N–C) groups is 1. The Hall–Kier alpha value is -1.30. The number of hydrogen-bond acceptors (Lipinski definition) is 3. The molecule has 6 nitrogen and oxygen atoms in total. The molecule has 2 aliphatic heterocycles. The van der Waals surface area contributed by atoms with E-state index in [9.17, 15) is 4.79 Å². The molecule has 0 bridgehead atoms. The molecule has 0 spiro atoms. The summed E-state index contributed by atoms with van der Waals surface area (Å²) in [6.45, 7) is 8.00. The van der Waals surface area contributed by atoms with Gasteiger partial charge in [0.25, 0.3) is 0 Å². The van der Waals surface area contributed by atoms with Crippen LogP contribution in [0.2, 0.25) is 0 Å². The lowest BCUT2D eigenvalue weighted by Crippen LogP contribution is -2.45. The van der Waals surface area contributed by atoms with E-state index >= 15 is 0 Å². The van der Waals surface area contributed by atoms with Crippen LogP contribution in [0.1, 0.15) is 39.5 Å². The lowest BCUT2D eigenvalue weighted by molar-refractivity contribution is -0.129. The molecular weight excluding hydrogens is 268 g/mol. The van der Waals surface area contributed by atoms with E-state index in [1.165, 1.54) is 0 Å². The highest BCUT2D eigenvalue weighted by atomic mass is 16.5. The number of carbonyl (C=O) groups excluding carboxylic acids is 1. The molecule has 2 atom stereocenters. The maximum atomic E-state index is 11.7. The highest BCUT2D eigenvalue weighted by molar-refractivity contribution is 5.80. The fourth-order valence-electron chi connectivity index (χ4n) is 2.82. The van der Waals surface area contributed by atoms with E-state index in [4.69, 9.17) is 4.74 Å². The molecule has 2 N–H and O–H groups in total. The summed E-state index contributed by atoms with van der Waals surface area (Å²) < 4.78 is 5.60. The van der Waals surface area contributed by atoms with E-state index in [1.54, 1.807) is 0 Å². The van der Waals surface area contributed by atoms with Crippen molar-refractivity contribution in [1.29, 1.82) is 0 Å². The van der Waals surface area contributed by atoms with E-state index in [0.717, 1.165) is 51.5 Å². The van der Waals surface area contributed by atoms with Crippen molar-refractivity contribution in [3.63, 3.8) is 0 Å². The fraction of sp³-hybridized carbons (Fsp3) is 0.867. The molecule has 2 fully saturated rings. The minimum Gasteiger partial charge on any atom is -0.376 e. The van der Waals surface area contributed by atoms with Crippen LogP contribution < -0.4 is 10.6 Å². The van der Waals surface area contributed by atoms with Gasteiger partial charge in [0, 0.05) is 38.7 Å². The van der Waals surface area contributed by atoms with Crippen LogP contribution in [-0.2, 0) is 9.53 Å². The van der Waals surface area contributed by atoms with Gasteiger partial charge < -0.3 is 20.3 Å². The molecule has 2 heterocycles. The van der Waals surface area contributed by atoms with Crippen molar-refractivity contribution in [3.05, 3.63) is 0 Å². The summed E-state index contributed by atoms with van der Waals surface area (Å²) in [7, 11) is 0. The number of likely N-dealkylation sites (tertiary alicyclic amines) is 1. The van der Waals surface area contributed by atoms with Crippen molar-refractivity contribution < 1.29 is 9.53 Å². The predicted molar refractivity (Wildman–Crippen MR) is 83.4 cm³/mol. The van der Waals surface area contributed by atoms with Gasteiger partial charge in [-0.1, -0.05) is 6.92 Å². The summed E-state index contributed by atoms with van der Waals surface area (Å²) in [5.41, 5.74) is 0. The second-order valence-electron chi connectivity index (χ2n) is 5.68. The van der Waals surface area contributed by atoms with E-state index in [2.05, 4.69) is 22.5 Å². The van der Waals surface area contributed by atoms with Gasteiger partial charge in [0.15, 0.2) is 5.96 Å². The van der Waals surface area contributed by atoms with Gasteiger partial charge >= 0.3 is 0 Å². The quantitative estimate of drug-likeness (QED) is 0.580. The number of guanidine groups is 1. The van der Waals surface area contributed by atoms with Crippen LogP contribution in [0.25, 0.3) is 0 Å². The summed E-state index contributed by atoms with van der Waals surface area (Å²) >= 11 is 0. The van der Waals surface area contributed by atoms with Crippen LogP contribution in [0.5, 0.6) is 0 Å². The number of ether oxygens (including phenoxy) is 1. The second kappa shape index (κ2) is 8.22. The molecule has 6 heteroatoms. The molecule has 0 aromatic heterocycles. The molecule has 0 aromatic carbocycles. The zero-order chi connectivity index (χ0) is 15.1. The summed E-state index contributed by atoms with van der Waals surface area (Å²) in [5.74, 6) is 1.07. The van der Waals surface area contributed by atoms with Crippen LogP contribution in [0, 0.1) is 0 Å². The molecule has 2 unspecified atom stereocenters. The van der Waals surface area contributed by atoms with Gasteiger partial charge in [-0.25, -0.2) is 0 Å². The Bertz CT molecular complexity index is 367. The minimum absolute atomic E-state index is 0.237. The second-order valence-corrected chi connectivity index (χ2v) is 5.68. The predicted octanol–water partition coefficient (Wildman–Crippen LogP) is 0.731. The molecule has 0 radical (unpaired) electrons. The van der Waals surface area contributed by atoms with Gasteiger partial charge in [0.1, 0.15) is 0 Å². The number of amides is 1. The normalized spacial score (nSPS) is 26.2. The number of rotatable bonds is 5. The van der Waals surface area contributed by atoms with Crippen LogP contribution in [0.4, 0.5) is 0 Å². The average molecular weight is 296 g/mol. The van der Waals surface area contributed by atoms with Crippen molar-refractivity contribution in [2.45, 2.75) is 51.7 Å². The van der Waals surface area contributed by atoms with E-state index in [0.29, 0.717) is 19.0 Å². The summed E-state index contributed by atoms with van der Waals surface area (Å²) in [6.07, 6.45) is 4.07. The fourth-order valence-corrected chi connectivity index (χ4v) is 2.82. The van der Waals surface area contributed by atoms with Crippen molar-refractivity contribution in [1.82, 2.24) is 15.5 Å². The third-order valence-electron chi connectivity index (χ3n) is 4.01. The molecule has 2 aliphatic rings. The molecule has 2 saturated heterocycles. The average Bonchev–Trinajstić information content (AvgIpc) is 3.15. The Balaban J connectivity index is 1.81. The summed E-state index contributed by atoms with van der Waals surface area (Å²) in [4.78, 5) is 18.3. The Kier molecular flexibility index (Phi) is 6.29. The third kappa shape index (κ3) is 4.88. The molecule has 2 rings (SSSR count). The number of carbonyl (C=O) groups is 1. The molecule has 0 saturated carbocycles. The maximum Gasteiger partial charge on any atom is 0.222 e. The third-order valence-corrected chi connectivity index (χ3v) is 4.01. The first-order chi connectivity index (χ1) is 10.2. The Morgan fingerprint density at radius 2 is 2.24 bits per heavy atom. The lowest BCUT2D eigenvalue weighted by Gasteiger charge is -2.19. The summed E-state index contributed by atoms with van der Waals surface area (Å²) in [6, 6.07) is 0.294. The Morgan fingerprint density at radius 1 is 1.38 bits per heavy atom. The lowest BCUT2D eigenvalue weighted by atomic mass is 10.2. The van der Waals surface area contributed by atoms with Crippen molar-refractivity contribution in [2.24, 2.45) is 4.99 Å². The van der Waals surface area contributed by atoms with Gasteiger partial charge in [0.2, 0.25) is 5.91 Å². The zero-order valence-corrected chi connectivity index (χ0v) is 13.2. The molecule has 0 aliphatic carbocycles. The van der Waals surface area contributed by atoms with Gasteiger partial charge in [-0.05, 0) is 26.2 Å². The number of hydrogen-bond donors (Lipinski definition) is 2. The SMILES string of the molecule is CCNC(=NCC1CCCO1)NC1CCN(C(=O)CC)C1. The highest BCUT2D eigenvalue weighted by Crippen LogP contribution is 2.12. The van der Waals surface area contributed by atoms with Crippen molar-refractivity contribution in [3.8, 4) is 0 Å².